The van der Waals surface area contributed by atoms with Gasteiger partial charge in [0.25, 0.3) is 5.91 Å². The molecule has 0 saturated heterocycles. The lowest BCUT2D eigenvalue weighted by atomic mass is 10.1. The van der Waals surface area contributed by atoms with E-state index in [1.807, 2.05) is 52.7 Å². The van der Waals surface area contributed by atoms with E-state index in [4.69, 9.17) is 4.74 Å². The number of imidazole rings is 1. The van der Waals surface area contributed by atoms with Crippen LogP contribution < -0.4 is 10.1 Å². The highest BCUT2D eigenvalue weighted by molar-refractivity contribution is 6.05. The summed E-state index contributed by atoms with van der Waals surface area (Å²) in [6.45, 7) is 3.96. The van der Waals surface area contributed by atoms with Gasteiger partial charge in [-0.05, 0) is 61.4 Å². The second-order valence-electron chi connectivity index (χ2n) is 9.14. The number of halogens is 3. The summed E-state index contributed by atoms with van der Waals surface area (Å²) >= 11 is 0. The molecule has 0 fully saturated rings. The number of benzene rings is 3. The van der Waals surface area contributed by atoms with Crippen molar-refractivity contribution in [3.05, 3.63) is 108 Å². The molecule has 1 amide bonds. The largest absolute Gasteiger partial charge is 0.495 e. The van der Waals surface area contributed by atoms with Gasteiger partial charge in [-0.25, -0.2) is 9.67 Å². The normalized spacial score (nSPS) is 11.4. The number of aryl methyl sites for hydroxylation is 1. The van der Waals surface area contributed by atoms with Gasteiger partial charge in [-0.15, -0.1) is 0 Å². The first-order chi connectivity index (χ1) is 19.2. The number of alkyl halides is 3. The minimum atomic E-state index is -4.56. The minimum Gasteiger partial charge on any atom is -0.495 e. The Hall–Kier alpha value is -4.86. The third-order valence-corrected chi connectivity index (χ3v) is 6.59. The first-order valence-electron chi connectivity index (χ1n) is 12.5. The number of hydrogen-bond acceptors (Lipinski definition) is 4. The zero-order valence-corrected chi connectivity index (χ0v) is 22.0. The molecule has 204 valence electrons. The lowest BCUT2D eigenvalue weighted by molar-refractivity contribution is -0.137. The van der Waals surface area contributed by atoms with E-state index < -0.39 is 17.6 Å². The number of aromatic nitrogens is 4. The molecule has 0 unspecified atom stereocenters. The molecule has 5 rings (SSSR count). The lowest BCUT2D eigenvalue weighted by Crippen LogP contribution is -2.14. The molecule has 0 aliphatic heterocycles. The molecule has 0 saturated carbocycles. The van der Waals surface area contributed by atoms with Gasteiger partial charge in [0.05, 0.1) is 53.6 Å². The summed E-state index contributed by atoms with van der Waals surface area (Å²) in [6, 6.07) is 17.8. The number of nitrogens with one attached hydrogen (secondary N) is 1. The molecule has 2 heterocycles. The van der Waals surface area contributed by atoms with E-state index in [9.17, 15) is 18.0 Å². The second kappa shape index (κ2) is 10.7. The fourth-order valence-electron chi connectivity index (χ4n) is 4.52. The van der Waals surface area contributed by atoms with Crippen LogP contribution in [0.15, 0.2) is 85.5 Å². The van der Waals surface area contributed by atoms with Gasteiger partial charge in [0.15, 0.2) is 0 Å². The maximum atomic E-state index is 13.2. The van der Waals surface area contributed by atoms with E-state index in [0.29, 0.717) is 5.69 Å². The fraction of sp³-hybridized carbons (Fsp3) is 0.167. The van der Waals surface area contributed by atoms with Crippen molar-refractivity contribution in [2.75, 3.05) is 12.4 Å². The Morgan fingerprint density at radius 1 is 1.05 bits per heavy atom. The van der Waals surface area contributed by atoms with Crippen molar-refractivity contribution in [3.8, 4) is 28.4 Å². The smallest absolute Gasteiger partial charge is 0.416 e. The molecule has 0 spiro atoms. The molecule has 2 aromatic heterocycles. The predicted molar refractivity (Wildman–Crippen MR) is 146 cm³/mol. The lowest BCUT2D eigenvalue weighted by Gasteiger charge is -2.14. The Kier molecular flexibility index (Phi) is 7.17. The van der Waals surface area contributed by atoms with E-state index in [1.165, 1.54) is 13.2 Å². The van der Waals surface area contributed by atoms with Crippen LogP contribution in [0, 0.1) is 6.92 Å². The number of hydrogen-bond donors (Lipinski definition) is 1. The zero-order chi connectivity index (χ0) is 28.4. The van der Waals surface area contributed by atoms with Crippen molar-refractivity contribution in [2.24, 2.45) is 0 Å². The molecule has 40 heavy (non-hydrogen) atoms. The summed E-state index contributed by atoms with van der Waals surface area (Å²) in [4.78, 5) is 17.7. The summed E-state index contributed by atoms with van der Waals surface area (Å²) in [5.41, 5.74) is 4.48. The van der Waals surface area contributed by atoms with Gasteiger partial charge in [-0.1, -0.05) is 31.2 Å². The molecule has 0 bridgehead atoms. The van der Waals surface area contributed by atoms with Crippen molar-refractivity contribution < 1.29 is 22.7 Å². The number of methoxy groups -OCH3 is 1. The Balaban J connectivity index is 1.44. The van der Waals surface area contributed by atoms with Crippen LogP contribution in [0.25, 0.3) is 22.6 Å². The quantitative estimate of drug-likeness (QED) is 0.242. The van der Waals surface area contributed by atoms with Crippen LogP contribution in [0.3, 0.4) is 0 Å². The molecule has 0 atom stereocenters. The topological polar surface area (TPSA) is 74.0 Å². The van der Waals surface area contributed by atoms with E-state index in [2.05, 4.69) is 22.3 Å². The van der Waals surface area contributed by atoms with E-state index in [-0.39, 0.29) is 17.0 Å². The second-order valence-corrected chi connectivity index (χ2v) is 9.14. The summed E-state index contributed by atoms with van der Waals surface area (Å²) in [5.74, 6) is -0.452. The average molecular weight is 546 g/mol. The van der Waals surface area contributed by atoms with Crippen molar-refractivity contribution >= 4 is 11.6 Å². The Morgan fingerprint density at radius 2 is 1.82 bits per heavy atom. The first kappa shape index (κ1) is 26.7. The molecule has 10 heteroatoms. The van der Waals surface area contributed by atoms with Gasteiger partial charge >= 0.3 is 6.18 Å². The van der Waals surface area contributed by atoms with E-state index in [0.717, 1.165) is 46.8 Å². The van der Waals surface area contributed by atoms with Crippen LogP contribution in [0.5, 0.6) is 5.75 Å². The number of carbonyl (C=O) groups excluding carboxylic acids is 1. The third-order valence-electron chi connectivity index (χ3n) is 6.59. The van der Waals surface area contributed by atoms with Crippen molar-refractivity contribution in [1.29, 1.82) is 0 Å². The van der Waals surface area contributed by atoms with Crippen molar-refractivity contribution in [2.45, 2.75) is 26.4 Å². The molecule has 7 nitrogen and oxygen atoms in total. The van der Waals surface area contributed by atoms with Gasteiger partial charge in [0.2, 0.25) is 0 Å². The number of ether oxygens (including phenoxy) is 1. The van der Waals surface area contributed by atoms with E-state index in [1.54, 1.807) is 30.7 Å². The van der Waals surface area contributed by atoms with Crippen LogP contribution in [0.4, 0.5) is 18.9 Å². The van der Waals surface area contributed by atoms with Gasteiger partial charge < -0.3 is 14.6 Å². The highest BCUT2D eigenvalue weighted by Crippen LogP contribution is 2.35. The number of carbonyl (C=O) groups is 1. The molecule has 0 aliphatic rings. The van der Waals surface area contributed by atoms with Gasteiger partial charge in [-0.2, -0.15) is 18.3 Å². The van der Waals surface area contributed by atoms with Crippen LogP contribution in [-0.4, -0.2) is 32.3 Å². The maximum Gasteiger partial charge on any atom is 0.416 e. The molecular formula is C30H26F3N5O2. The monoisotopic (exact) mass is 545 g/mol. The number of amides is 1. The zero-order valence-electron chi connectivity index (χ0n) is 22.0. The standard InChI is InChI=1S/C30H26F3N5O2/c1-4-26-23(16-35-38(26)22-8-6-5-7-9-22)25-17-37(18-34-25)27-14-20(11-10-19(27)2)29(39)36-24-15-21(30(31,32)33)12-13-28(24)40-3/h5-18H,4H2,1-3H3,(H,36,39). The molecule has 3 aromatic carbocycles. The number of anilines is 1. The number of rotatable bonds is 7. The molecule has 0 aliphatic carbocycles. The molecule has 1 N–H and O–H groups in total. The fourth-order valence-corrected chi connectivity index (χ4v) is 4.52. The van der Waals surface area contributed by atoms with Crippen LogP contribution >= 0.6 is 0 Å². The average Bonchev–Trinajstić information content (AvgIpc) is 3.60. The molecule has 5 aromatic rings. The van der Waals surface area contributed by atoms with Crippen LogP contribution in [0.2, 0.25) is 0 Å². The van der Waals surface area contributed by atoms with Crippen LogP contribution in [0.1, 0.15) is 34.1 Å². The van der Waals surface area contributed by atoms with Crippen LogP contribution in [-0.2, 0) is 12.6 Å². The first-order valence-corrected chi connectivity index (χ1v) is 12.5. The molecular weight excluding hydrogens is 519 g/mol. The predicted octanol–water partition coefficient (Wildman–Crippen LogP) is 6.88. The SMILES string of the molecule is CCc1c(-c2cn(-c3cc(C(=O)Nc4cc(C(F)(F)F)ccc4OC)ccc3C)cn2)cnn1-c1ccccc1. The summed E-state index contributed by atoms with van der Waals surface area (Å²) in [7, 11) is 1.33. The Morgan fingerprint density at radius 3 is 2.52 bits per heavy atom. The number of para-hydroxylation sites is 1. The van der Waals surface area contributed by atoms with Gasteiger partial charge in [-0.3, -0.25) is 4.79 Å². The van der Waals surface area contributed by atoms with Gasteiger partial charge in [0, 0.05) is 17.3 Å². The maximum absolute atomic E-state index is 13.2. The highest BCUT2D eigenvalue weighted by atomic mass is 19.4. The Labute approximate surface area is 228 Å². The minimum absolute atomic E-state index is 0.0723. The summed E-state index contributed by atoms with van der Waals surface area (Å²) < 4.78 is 48.6. The highest BCUT2D eigenvalue weighted by Gasteiger charge is 2.31. The van der Waals surface area contributed by atoms with Crippen molar-refractivity contribution in [1.82, 2.24) is 19.3 Å². The number of nitrogens with zero attached hydrogens (tertiary/aromatic N) is 4. The summed E-state index contributed by atoms with van der Waals surface area (Å²) in [5, 5.41) is 7.13. The third kappa shape index (κ3) is 5.20. The molecule has 0 radical (unpaired) electrons. The van der Waals surface area contributed by atoms with Gasteiger partial charge in [0.1, 0.15) is 5.75 Å². The Bertz CT molecular complexity index is 1670. The van der Waals surface area contributed by atoms with Crippen molar-refractivity contribution in [3.63, 3.8) is 0 Å². The van der Waals surface area contributed by atoms with E-state index >= 15 is 0 Å². The summed E-state index contributed by atoms with van der Waals surface area (Å²) in [6.07, 6.45) is 1.50.